The van der Waals surface area contributed by atoms with Crippen molar-refractivity contribution in [2.45, 2.75) is 44.1 Å². The molecule has 1 heterocycles. The Hall–Kier alpha value is -2.08. The van der Waals surface area contributed by atoms with Gasteiger partial charge in [0.05, 0.1) is 23.7 Å². The van der Waals surface area contributed by atoms with Crippen molar-refractivity contribution in [2.24, 2.45) is 5.92 Å². The number of anilines is 1. The van der Waals surface area contributed by atoms with E-state index in [9.17, 15) is 14.4 Å². The van der Waals surface area contributed by atoms with Gasteiger partial charge in [0.15, 0.2) is 0 Å². The molecule has 0 aromatic heterocycles. The van der Waals surface area contributed by atoms with Gasteiger partial charge in [-0.25, -0.2) is 4.79 Å². The van der Waals surface area contributed by atoms with Crippen molar-refractivity contribution in [1.82, 2.24) is 5.32 Å². The van der Waals surface area contributed by atoms with E-state index in [4.69, 9.17) is 16.3 Å². The molecule has 1 aromatic rings. The summed E-state index contributed by atoms with van der Waals surface area (Å²) in [4.78, 5) is 39.1. The summed E-state index contributed by atoms with van der Waals surface area (Å²) in [6, 6.07) is 7.07. The maximum atomic E-state index is 12.8. The number of rotatable bonds is 4. The molecule has 2 aliphatic rings. The van der Waals surface area contributed by atoms with Crippen molar-refractivity contribution in [3.05, 3.63) is 29.3 Å². The molecule has 140 valence electrons. The minimum absolute atomic E-state index is 0.105. The fourth-order valence-electron chi connectivity index (χ4n) is 3.86. The van der Waals surface area contributed by atoms with Crippen LogP contribution in [0.15, 0.2) is 24.3 Å². The number of halogens is 1. The number of nitrogens with zero attached hydrogens (tertiary/aromatic N) is 1. The predicted molar refractivity (Wildman–Crippen MR) is 97.9 cm³/mol. The third-order valence-electron chi connectivity index (χ3n) is 5.28. The number of amides is 2. The summed E-state index contributed by atoms with van der Waals surface area (Å²) in [5.41, 5.74) is -0.361. The standard InChI is InChI=1S/C19H23ClN2O4/c1-26-18(25)19(9-5-2-6-10-19)21-17(24)13-11-16(23)22(12-13)15-8-4-3-7-14(15)20/h3-4,7-8,13H,2,5-6,9-12H2,1H3,(H,21,24). The summed E-state index contributed by atoms with van der Waals surface area (Å²) in [5, 5.41) is 3.38. The predicted octanol–water partition coefficient (Wildman–Crippen LogP) is 2.69. The van der Waals surface area contributed by atoms with E-state index >= 15 is 0 Å². The second-order valence-corrected chi connectivity index (χ2v) is 7.39. The summed E-state index contributed by atoms with van der Waals surface area (Å²) in [6.07, 6.45) is 4.02. The van der Waals surface area contributed by atoms with Crippen molar-refractivity contribution in [3.8, 4) is 0 Å². The van der Waals surface area contributed by atoms with Gasteiger partial charge in [0.1, 0.15) is 5.54 Å². The third kappa shape index (κ3) is 3.56. The fraction of sp³-hybridized carbons (Fsp3) is 0.526. The number of carbonyl (C=O) groups is 3. The van der Waals surface area contributed by atoms with E-state index in [0.717, 1.165) is 19.3 Å². The van der Waals surface area contributed by atoms with Gasteiger partial charge >= 0.3 is 5.97 Å². The van der Waals surface area contributed by atoms with Crippen LogP contribution < -0.4 is 10.2 Å². The lowest BCUT2D eigenvalue weighted by Crippen LogP contribution is -2.57. The minimum atomic E-state index is -0.967. The van der Waals surface area contributed by atoms with Gasteiger partial charge in [-0.2, -0.15) is 0 Å². The molecule has 2 fully saturated rings. The Balaban J connectivity index is 1.73. The number of carbonyl (C=O) groups excluding carboxylic acids is 3. The normalized spacial score (nSPS) is 22.2. The van der Waals surface area contributed by atoms with Crippen LogP contribution in [0.4, 0.5) is 5.69 Å². The van der Waals surface area contributed by atoms with Gasteiger partial charge in [0.25, 0.3) is 0 Å². The number of hydrogen-bond acceptors (Lipinski definition) is 4. The highest BCUT2D eigenvalue weighted by Gasteiger charge is 2.45. The smallest absolute Gasteiger partial charge is 0.331 e. The van der Waals surface area contributed by atoms with Crippen LogP contribution in [0.5, 0.6) is 0 Å². The van der Waals surface area contributed by atoms with Crippen LogP contribution in [0.2, 0.25) is 5.02 Å². The van der Waals surface area contributed by atoms with Gasteiger partial charge in [-0.1, -0.05) is 43.0 Å². The van der Waals surface area contributed by atoms with Crippen molar-refractivity contribution in [2.75, 3.05) is 18.6 Å². The maximum Gasteiger partial charge on any atom is 0.331 e. The van der Waals surface area contributed by atoms with Crippen molar-refractivity contribution >= 4 is 35.1 Å². The van der Waals surface area contributed by atoms with Crippen LogP contribution >= 0.6 is 11.6 Å². The Morgan fingerprint density at radius 1 is 1.23 bits per heavy atom. The minimum Gasteiger partial charge on any atom is -0.467 e. The molecule has 0 bridgehead atoms. The number of methoxy groups -OCH3 is 1. The van der Waals surface area contributed by atoms with E-state index in [1.54, 1.807) is 24.3 Å². The number of hydrogen-bond donors (Lipinski definition) is 1. The van der Waals surface area contributed by atoms with Crippen molar-refractivity contribution in [1.29, 1.82) is 0 Å². The van der Waals surface area contributed by atoms with Crippen LogP contribution in [0.1, 0.15) is 38.5 Å². The van der Waals surface area contributed by atoms with Crippen LogP contribution in [0.25, 0.3) is 0 Å². The van der Waals surface area contributed by atoms with E-state index < -0.39 is 17.4 Å². The zero-order valence-electron chi connectivity index (χ0n) is 14.8. The largest absolute Gasteiger partial charge is 0.467 e. The quantitative estimate of drug-likeness (QED) is 0.817. The second-order valence-electron chi connectivity index (χ2n) is 6.98. The summed E-state index contributed by atoms with van der Waals surface area (Å²) in [5.74, 6) is -1.34. The average molecular weight is 379 g/mol. The Morgan fingerprint density at radius 2 is 1.92 bits per heavy atom. The molecular formula is C19H23ClN2O4. The Bertz CT molecular complexity index is 715. The number of esters is 1. The number of ether oxygens (including phenoxy) is 1. The zero-order valence-corrected chi connectivity index (χ0v) is 15.6. The lowest BCUT2D eigenvalue weighted by molar-refractivity contribution is -0.153. The second kappa shape index (κ2) is 7.66. The zero-order chi connectivity index (χ0) is 18.7. The van der Waals surface area contributed by atoms with E-state index in [-0.39, 0.29) is 24.8 Å². The molecule has 26 heavy (non-hydrogen) atoms. The molecule has 0 spiro atoms. The summed E-state index contributed by atoms with van der Waals surface area (Å²) in [7, 11) is 1.34. The Labute approximate surface area is 157 Å². The lowest BCUT2D eigenvalue weighted by atomic mass is 9.81. The molecule has 1 aliphatic heterocycles. The van der Waals surface area contributed by atoms with E-state index in [1.807, 2.05) is 0 Å². The number of benzene rings is 1. The molecule has 1 N–H and O–H groups in total. The van der Waals surface area contributed by atoms with Gasteiger partial charge in [0, 0.05) is 13.0 Å². The average Bonchev–Trinajstić information content (AvgIpc) is 3.04. The SMILES string of the molecule is COC(=O)C1(NC(=O)C2CC(=O)N(c3ccccc3Cl)C2)CCCCC1. The first-order valence-corrected chi connectivity index (χ1v) is 9.30. The summed E-state index contributed by atoms with van der Waals surface area (Å²) >= 11 is 6.18. The molecule has 6 nitrogen and oxygen atoms in total. The number of nitrogens with one attached hydrogen (secondary N) is 1. The van der Waals surface area contributed by atoms with Crippen LogP contribution in [0, 0.1) is 5.92 Å². The fourth-order valence-corrected chi connectivity index (χ4v) is 4.09. The van der Waals surface area contributed by atoms with E-state index in [2.05, 4.69) is 5.32 Å². The highest BCUT2D eigenvalue weighted by Crippen LogP contribution is 2.33. The molecule has 1 unspecified atom stereocenters. The molecule has 1 aromatic carbocycles. The van der Waals surface area contributed by atoms with Crippen LogP contribution in [0.3, 0.4) is 0 Å². The molecule has 0 radical (unpaired) electrons. The third-order valence-corrected chi connectivity index (χ3v) is 5.60. The van der Waals surface area contributed by atoms with Gasteiger partial charge < -0.3 is 15.0 Å². The number of para-hydroxylation sites is 1. The molecule has 1 aliphatic carbocycles. The maximum absolute atomic E-state index is 12.8. The van der Waals surface area contributed by atoms with E-state index in [0.29, 0.717) is 23.6 Å². The molecule has 3 rings (SSSR count). The molecule has 1 saturated heterocycles. The van der Waals surface area contributed by atoms with Gasteiger partial charge in [-0.05, 0) is 25.0 Å². The lowest BCUT2D eigenvalue weighted by Gasteiger charge is -2.35. The first kappa shape index (κ1) is 18.7. The first-order chi connectivity index (χ1) is 12.5. The highest BCUT2D eigenvalue weighted by molar-refractivity contribution is 6.33. The monoisotopic (exact) mass is 378 g/mol. The first-order valence-electron chi connectivity index (χ1n) is 8.92. The van der Waals surface area contributed by atoms with Gasteiger partial charge in [-0.3, -0.25) is 9.59 Å². The van der Waals surface area contributed by atoms with Gasteiger partial charge in [-0.15, -0.1) is 0 Å². The Morgan fingerprint density at radius 3 is 2.58 bits per heavy atom. The molecule has 1 saturated carbocycles. The molecular weight excluding hydrogens is 356 g/mol. The highest BCUT2D eigenvalue weighted by atomic mass is 35.5. The van der Waals surface area contributed by atoms with Crippen molar-refractivity contribution in [3.63, 3.8) is 0 Å². The topological polar surface area (TPSA) is 75.7 Å². The summed E-state index contributed by atoms with van der Waals surface area (Å²) in [6.45, 7) is 0.256. The van der Waals surface area contributed by atoms with Crippen LogP contribution in [-0.2, 0) is 19.1 Å². The van der Waals surface area contributed by atoms with Gasteiger partial charge in [0.2, 0.25) is 11.8 Å². The van der Waals surface area contributed by atoms with Crippen molar-refractivity contribution < 1.29 is 19.1 Å². The molecule has 2 amide bonds. The molecule has 7 heteroatoms. The summed E-state index contributed by atoms with van der Waals surface area (Å²) < 4.78 is 4.94. The Kier molecular flexibility index (Phi) is 5.51. The van der Waals surface area contributed by atoms with E-state index in [1.165, 1.54) is 12.0 Å². The molecule has 1 atom stereocenters. The van der Waals surface area contributed by atoms with Crippen LogP contribution in [-0.4, -0.2) is 37.0 Å².